The predicted octanol–water partition coefficient (Wildman–Crippen LogP) is 4.19. The number of benzene rings is 2. The molecule has 0 saturated carbocycles. The Morgan fingerprint density at radius 1 is 0.882 bits per heavy atom. The fourth-order valence-corrected chi connectivity index (χ4v) is 1.61. The van der Waals surface area contributed by atoms with E-state index in [-0.39, 0.29) is 0 Å². The Kier molecular flexibility index (Phi) is 3.66. The van der Waals surface area contributed by atoms with Crippen molar-refractivity contribution in [2.45, 2.75) is 13.8 Å². The smallest absolute Gasteiger partial charge is 0.131 e. The van der Waals surface area contributed by atoms with E-state index < -0.39 is 0 Å². The monoisotopic (exact) mass is 228 g/mol. The van der Waals surface area contributed by atoms with Gasteiger partial charge in [0.05, 0.1) is 6.61 Å². The summed E-state index contributed by atoms with van der Waals surface area (Å²) in [4.78, 5) is 0. The maximum absolute atomic E-state index is 5.77. The molecular weight excluding hydrogens is 212 g/mol. The Labute approximate surface area is 102 Å². The molecule has 0 spiro atoms. The summed E-state index contributed by atoms with van der Waals surface area (Å²) in [6, 6.07) is 15.6. The molecule has 0 fully saturated rings. The summed E-state index contributed by atoms with van der Waals surface area (Å²) in [6.45, 7) is 4.67. The first-order chi connectivity index (χ1) is 8.28. The van der Waals surface area contributed by atoms with Crippen LogP contribution in [0.4, 0.5) is 0 Å². The molecule has 0 saturated heterocycles. The lowest BCUT2D eigenvalue weighted by molar-refractivity contribution is 0.338. The van der Waals surface area contributed by atoms with Gasteiger partial charge in [0.2, 0.25) is 0 Å². The normalized spacial score (nSPS) is 10.0. The second kappa shape index (κ2) is 5.39. The van der Waals surface area contributed by atoms with Crippen molar-refractivity contribution in [3.05, 3.63) is 54.1 Å². The van der Waals surface area contributed by atoms with Crippen LogP contribution in [0.5, 0.6) is 17.2 Å². The SMILES string of the molecule is CCOc1cccc(Oc2cccc(C)c2)c1. The summed E-state index contributed by atoms with van der Waals surface area (Å²) in [7, 11) is 0. The molecule has 0 aliphatic carbocycles. The fraction of sp³-hybridized carbons (Fsp3) is 0.200. The van der Waals surface area contributed by atoms with Crippen molar-refractivity contribution in [1.29, 1.82) is 0 Å². The van der Waals surface area contributed by atoms with Gasteiger partial charge in [-0.15, -0.1) is 0 Å². The van der Waals surface area contributed by atoms with E-state index >= 15 is 0 Å². The Morgan fingerprint density at radius 3 is 2.24 bits per heavy atom. The molecule has 88 valence electrons. The first-order valence-corrected chi connectivity index (χ1v) is 5.75. The predicted molar refractivity (Wildman–Crippen MR) is 68.9 cm³/mol. The highest BCUT2D eigenvalue weighted by atomic mass is 16.5. The highest BCUT2D eigenvalue weighted by Gasteiger charge is 1.99. The van der Waals surface area contributed by atoms with Crippen LogP contribution in [0.3, 0.4) is 0 Å². The van der Waals surface area contributed by atoms with Gasteiger partial charge in [-0.1, -0.05) is 18.2 Å². The first kappa shape index (κ1) is 11.5. The van der Waals surface area contributed by atoms with Gasteiger partial charge in [0, 0.05) is 6.07 Å². The minimum Gasteiger partial charge on any atom is -0.494 e. The summed E-state index contributed by atoms with van der Waals surface area (Å²) in [5.41, 5.74) is 1.18. The maximum atomic E-state index is 5.77. The molecule has 0 unspecified atom stereocenters. The van der Waals surface area contributed by atoms with Crippen LogP contribution in [-0.4, -0.2) is 6.61 Å². The molecule has 0 atom stereocenters. The molecule has 2 heteroatoms. The molecule has 0 N–H and O–H groups in total. The summed E-state index contributed by atoms with van der Waals surface area (Å²) in [5.74, 6) is 2.47. The Hall–Kier alpha value is -1.96. The van der Waals surface area contributed by atoms with Gasteiger partial charge in [-0.25, -0.2) is 0 Å². The van der Waals surface area contributed by atoms with E-state index in [1.165, 1.54) is 5.56 Å². The molecule has 0 amide bonds. The largest absolute Gasteiger partial charge is 0.494 e. The van der Waals surface area contributed by atoms with Crippen LogP contribution in [0, 0.1) is 6.92 Å². The standard InChI is InChI=1S/C15H16O2/c1-3-16-13-7-5-9-15(11-13)17-14-8-4-6-12(2)10-14/h4-11H,3H2,1-2H3. The van der Waals surface area contributed by atoms with Gasteiger partial charge in [-0.2, -0.15) is 0 Å². The third-order valence-corrected chi connectivity index (χ3v) is 2.34. The molecule has 2 rings (SSSR count). The van der Waals surface area contributed by atoms with Gasteiger partial charge in [-0.05, 0) is 43.7 Å². The maximum Gasteiger partial charge on any atom is 0.131 e. The first-order valence-electron chi connectivity index (χ1n) is 5.75. The molecule has 0 aromatic heterocycles. The van der Waals surface area contributed by atoms with E-state index in [4.69, 9.17) is 9.47 Å². The van der Waals surface area contributed by atoms with Crippen molar-refractivity contribution in [1.82, 2.24) is 0 Å². The Balaban J connectivity index is 2.15. The number of rotatable bonds is 4. The van der Waals surface area contributed by atoms with Crippen molar-refractivity contribution in [3.8, 4) is 17.2 Å². The molecule has 0 bridgehead atoms. The number of hydrogen-bond acceptors (Lipinski definition) is 2. The Morgan fingerprint density at radius 2 is 1.53 bits per heavy atom. The topological polar surface area (TPSA) is 18.5 Å². The van der Waals surface area contributed by atoms with Crippen LogP contribution in [0.25, 0.3) is 0 Å². The molecular formula is C15H16O2. The lowest BCUT2D eigenvalue weighted by Crippen LogP contribution is -1.91. The van der Waals surface area contributed by atoms with E-state index in [1.807, 2.05) is 62.4 Å². The highest BCUT2D eigenvalue weighted by Crippen LogP contribution is 2.25. The molecule has 17 heavy (non-hydrogen) atoms. The molecule has 0 aliphatic heterocycles. The quantitative estimate of drug-likeness (QED) is 0.781. The zero-order valence-electron chi connectivity index (χ0n) is 10.1. The molecule has 2 aromatic rings. The van der Waals surface area contributed by atoms with Crippen molar-refractivity contribution in [2.75, 3.05) is 6.61 Å². The lowest BCUT2D eigenvalue weighted by atomic mass is 10.2. The molecule has 2 aromatic carbocycles. The molecule has 0 aliphatic rings. The van der Waals surface area contributed by atoms with Gasteiger partial charge in [0.15, 0.2) is 0 Å². The van der Waals surface area contributed by atoms with Crippen molar-refractivity contribution in [3.63, 3.8) is 0 Å². The second-order valence-electron chi connectivity index (χ2n) is 3.83. The summed E-state index contributed by atoms with van der Waals surface area (Å²) >= 11 is 0. The van der Waals surface area contributed by atoms with Gasteiger partial charge >= 0.3 is 0 Å². The second-order valence-corrected chi connectivity index (χ2v) is 3.83. The van der Waals surface area contributed by atoms with E-state index in [9.17, 15) is 0 Å². The average molecular weight is 228 g/mol. The third-order valence-electron chi connectivity index (χ3n) is 2.34. The summed E-state index contributed by atoms with van der Waals surface area (Å²) in [6.07, 6.45) is 0. The van der Waals surface area contributed by atoms with Crippen LogP contribution < -0.4 is 9.47 Å². The molecule has 0 radical (unpaired) electrons. The minimum atomic E-state index is 0.661. The van der Waals surface area contributed by atoms with E-state index in [0.29, 0.717) is 6.61 Å². The average Bonchev–Trinajstić information content (AvgIpc) is 2.30. The number of ether oxygens (including phenoxy) is 2. The third kappa shape index (κ3) is 3.25. The van der Waals surface area contributed by atoms with Gasteiger partial charge < -0.3 is 9.47 Å². The van der Waals surface area contributed by atoms with Crippen molar-refractivity contribution in [2.24, 2.45) is 0 Å². The lowest BCUT2D eigenvalue weighted by Gasteiger charge is -2.08. The van der Waals surface area contributed by atoms with Crippen LogP contribution in [0.2, 0.25) is 0 Å². The molecule has 2 nitrogen and oxygen atoms in total. The van der Waals surface area contributed by atoms with Gasteiger partial charge in [0.1, 0.15) is 17.2 Å². The zero-order valence-corrected chi connectivity index (χ0v) is 10.1. The van der Waals surface area contributed by atoms with Crippen LogP contribution in [0.15, 0.2) is 48.5 Å². The number of hydrogen-bond donors (Lipinski definition) is 0. The summed E-state index contributed by atoms with van der Waals surface area (Å²) in [5, 5.41) is 0. The Bertz CT molecular complexity index is 492. The highest BCUT2D eigenvalue weighted by molar-refractivity contribution is 5.37. The van der Waals surface area contributed by atoms with E-state index in [0.717, 1.165) is 17.2 Å². The van der Waals surface area contributed by atoms with Crippen LogP contribution in [-0.2, 0) is 0 Å². The number of aryl methyl sites for hydroxylation is 1. The van der Waals surface area contributed by atoms with Crippen molar-refractivity contribution >= 4 is 0 Å². The van der Waals surface area contributed by atoms with Crippen LogP contribution in [0.1, 0.15) is 12.5 Å². The van der Waals surface area contributed by atoms with Crippen molar-refractivity contribution < 1.29 is 9.47 Å². The van der Waals surface area contributed by atoms with Gasteiger partial charge in [-0.3, -0.25) is 0 Å². The van der Waals surface area contributed by atoms with E-state index in [1.54, 1.807) is 0 Å². The minimum absolute atomic E-state index is 0.661. The molecule has 0 heterocycles. The van der Waals surface area contributed by atoms with Crippen LogP contribution >= 0.6 is 0 Å². The van der Waals surface area contributed by atoms with E-state index in [2.05, 4.69) is 0 Å². The summed E-state index contributed by atoms with van der Waals surface area (Å²) < 4.78 is 11.2. The zero-order chi connectivity index (χ0) is 12.1. The fourth-order valence-electron chi connectivity index (χ4n) is 1.61. The van der Waals surface area contributed by atoms with Gasteiger partial charge in [0.25, 0.3) is 0 Å².